The summed E-state index contributed by atoms with van der Waals surface area (Å²) in [6, 6.07) is 5.09. The number of amides is 1. The van der Waals surface area contributed by atoms with Gasteiger partial charge >= 0.3 is 0 Å². The van der Waals surface area contributed by atoms with E-state index in [1.807, 2.05) is 26.3 Å². The van der Waals surface area contributed by atoms with Gasteiger partial charge in [-0.05, 0) is 56.8 Å². The molecule has 3 atom stereocenters. The molecule has 0 spiro atoms. The highest BCUT2D eigenvalue weighted by Gasteiger charge is 2.33. The van der Waals surface area contributed by atoms with Gasteiger partial charge in [0, 0.05) is 12.6 Å². The molecule has 1 saturated heterocycles. The van der Waals surface area contributed by atoms with E-state index in [0.29, 0.717) is 6.54 Å². The first-order chi connectivity index (χ1) is 10.4. The second-order valence-corrected chi connectivity index (χ2v) is 7.36. The number of rotatable bonds is 5. The molecule has 22 heavy (non-hydrogen) atoms. The number of hydrogen-bond donors (Lipinski definition) is 1. The van der Waals surface area contributed by atoms with Crippen LogP contribution in [0.15, 0.2) is 18.2 Å². The Bertz CT molecular complexity index is 543. The first-order valence-electron chi connectivity index (χ1n) is 7.39. The van der Waals surface area contributed by atoms with Crippen LogP contribution >= 0.6 is 23.4 Å². The Morgan fingerprint density at radius 3 is 2.95 bits per heavy atom. The van der Waals surface area contributed by atoms with Gasteiger partial charge in [-0.1, -0.05) is 17.7 Å². The molecule has 1 aliphatic heterocycles. The number of hydrogen-bond acceptors (Lipinski definition) is 3. The van der Waals surface area contributed by atoms with Crippen LogP contribution in [0.25, 0.3) is 0 Å². The maximum absolute atomic E-state index is 13.7. The Morgan fingerprint density at radius 2 is 2.32 bits per heavy atom. The Hall–Kier alpha value is -0.780. The van der Waals surface area contributed by atoms with E-state index in [1.54, 1.807) is 6.07 Å². The number of carbonyl (C=O) groups is 1. The van der Waals surface area contributed by atoms with Crippen LogP contribution in [0.3, 0.4) is 0 Å². The van der Waals surface area contributed by atoms with Crippen LogP contribution in [0.4, 0.5) is 4.39 Å². The molecule has 6 heteroatoms. The van der Waals surface area contributed by atoms with Crippen LogP contribution in [0, 0.1) is 11.7 Å². The molecule has 1 heterocycles. The second-order valence-electron chi connectivity index (χ2n) is 5.77. The van der Waals surface area contributed by atoms with Gasteiger partial charge in [0.1, 0.15) is 5.82 Å². The van der Waals surface area contributed by atoms with E-state index in [9.17, 15) is 9.18 Å². The zero-order valence-corrected chi connectivity index (χ0v) is 14.7. The number of carbonyl (C=O) groups excluding carboxylic acids is 1. The van der Waals surface area contributed by atoms with Crippen LogP contribution in [0.5, 0.6) is 0 Å². The molecule has 1 aliphatic rings. The average Bonchev–Trinajstić information content (AvgIpc) is 2.87. The highest BCUT2D eigenvalue weighted by Crippen LogP contribution is 2.36. The van der Waals surface area contributed by atoms with Crippen LogP contribution < -0.4 is 5.32 Å². The molecule has 0 bridgehead atoms. The number of likely N-dealkylation sites (tertiary alicyclic amines) is 1. The van der Waals surface area contributed by atoms with Crippen LogP contribution in [-0.2, 0) is 4.79 Å². The topological polar surface area (TPSA) is 32.3 Å². The van der Waals surface area contributed by atoms with E-state index < -0.39 is 5.82 Å². The summed E-state index contributed by atoms with van der Waals surface area (Å²) in [5.74, 6) is -0.0510. The van der Waals surface area contributed by atoms with Crippen molar-refractivity contribution in [1.29, 1.82) is 0 Å². The molecular formula is C16H22ClFN2OS. The van der Waals surface area contributed by atoms with Gasteiger partial charge in [-0.25, -0.2) is 4.39 Å². The Balaban J connectivity index is 2.07. The molecule has 1 N–H and O–H groups in total. The van der Waals surface area contributed by atoms with E-state index in [0.717, 1.165) is 18.5 Å². The van der Waals surface area contributed by atoms with Crippen molar-refractivity contribution in [3.63, 3.8) is 0 Å². The third-order valence-corrected chi connectivity index (χ3v) is 5.55. The molecule has 1 fully saturated rings. The summed E-state index contributed by atoms with van der Waals surface area (Å²) in [5.41, 5.74) is 0.916. The van der Waals surface area contributed by atoms with Crippen molar-refractivity contribution in [2.75, 3.05) is 26.4 Å². The summed E-state index contributed by atoms with van der Waals surface area (Å²) >= 11 is 7.30. The van der Waals surface area contributed by atoms with Crippen molar-refractivity contribution in [3.8, 4) is 0 Å². The van der Waals surface area contributed by atoms with Crippen LogP contribution in [0.2, 0.25) is 5.02 Å². The van der Waals surface area contributed by atoms with Crippen molar-refractivity contribution in [1.82, 2.24) is 10.2 Å². The molecule has 0 aliphatic carbocycles. The van der Waals surface area contributed by atoms with Crippen molar-refractivity contribution in [3.05, 3.63) is 34.6 Å². The Morgan fingerprint density at radius 1 is 1.59 bits per heavy atom. The quantitative estimate of drug-likeness (QED) is 0.889. The average molecular weight is 345 g/mol. The molecule has 0 unspecified atom stereocenters. The number of halogens is 2. The summed E-state index contributed by atoms with van der Waals surface area (Å²) in [5, 5.41) is 3.11. The summed E-state index contributed by atoms with van der Waals surface area (Å²) in [6.07, 6.45) is 2.91. The molecular weight excluding hydrogens is 323 g/mol. The van der Waals surface area contributed by atoms with Gasteiger partial charge < -0.3 is 5.32 Å². The summed E-state index contributed by atoms with van der Waals surface area (Å²) in [6.45, 7) is 3.45. The van der Waals surface area contributed by atoms with Crippen molar-refractivity contribution < 1.29 is 9.18 Å². The van der Waals surface area contributed by atoms with E-state index in [-0.39, 0.29) is 28.1 Å². The molecule has 0 aromatic heterocycles. The van der Waals surface area contributed by atoms with Crippen LogP contribution in [-0.4, -0.2) is 42.4 Å². The third kappa shape index (κ3) is 3.94. The number of benzene rings is 1. The van der Waals surface area contributed by atoms with Gasteiger partial charge in [0.15, 0.2) is 0 Å². The van der Waals surface area contributed by atoms with Gasteiger partial charge in [0.25, 0.3) is 0 Å². The molecule has 0 saturated carbocycles. The lowest BCUT2D eigenvalue weighted by Gasteiger charge is -2.26. The fourth-order valence-electron chi connectivity index (χ4n) is 2.95. The fraction of sp³-hybridized carbons (Fsp3) is 0.562. The van der Waals surface area contributed by atoms with Gasteiger partial charge in [-0.3, -0.25) is 9.69 Å². The van der Waals surface area contributed by atoms with E-state index in [1.165, 1.54) is 17.8 Å². The summed E-state index contributed by atoms with van der Waals surface area (Å²) in [4.78, 5) is 14.1. The summed E-state index contributed by atoms with van der Waals surface area (Å²) < 4.78 is 13.7. The SMILES string of the molecule is CS[C@H](C)C(=O)NC[C@H]1CCN(C)[C@@H]1c1ccc(Cl)c(F)c1. The minimum atomic E-state index is -0.391. The van der Waals surface area contributed by atoms with Gasteiger partial charge in [0.2, 0.25) is 5.91 Å². The van der Waals surface area contributed by atoms with Gasteiger partial charge in [-0.2, -0.15) is 11.8 Å². The highest BCUT2D eigenvalue weighted by atomic mass is 35.5. The minimum absolute atomic E-state index is 0.0504. The lowest BCUT2D eigenvalue weighted by Crippen LogP contribution is -2.36. The molecule has 122 valence electrons. The maximum Gasteiger partial charge on any atom is 0.232 e. The number of nitrogens with zero attached hydrogens (tertiary/aromatic N) is 1. The van der Waals surface area contributed by atoms with E-state index >= 15 is 0 Å². The number of thioether (sulfide) groups is 1. The molecule has 1 aromatic rings. The zero-order valence-electron chi connectivity index (χ0n) is 13.1. The Labute approximate surface area is 140 Å². The van der Waals surface area contributed by atoms with E-state index in [2.05, 4.69) is 10.2 Å². The summed E-state index contributed by atoms with van der Waals surface area (Å²) in [7, 11) is 2.03. The van der Waals surface area contributed by atoms with Gasteiger partial charge in [-0.15, -0.1) is 0 Å². The van der Waals surface area contributed by atoms with Gasteiger partial charge in [0.05, 0.1) is 10.3 Å². The molecule has 0 radical (unpaired) electrons. The number of nitrogens with one attached hydrogen (secondary N) is 1. The minimum Gasteiger partial charge on any atom is -0.355 e. The smallest absolute Gasteiger partial charge is 0.232 e. The van der Waals surface area contributed by atoms with Crippen molar-refractivity contribution in [2.45, 2.75) is 24.6 Å². The van der Waals surface area contributed by atoms with Crippen LogP contribution in [0.1, 0.15) is 24.9 Å². The monoisotopic (exact) mass is 344 g/mol. The first-order valence-corrected chi connectivity index (χ1v) is 9.06. The largest absolute Gasteiger partial charge is 0.355 e. The molecule has 1 aromatic carbocycles. The molecule has 3 nitrogen and oxygen atoms in total. The zero-order chi connectivity index (χ0) is 16.3. The fourth-order valence-corrected chi connectivity index (χ4v) is 3.36. The molecule has 1 amide bonds. The normalized spacial score (nSPS) is 23.5. The highest BCUT2D eigenvalue weighted by molar-refractivity contribution is 7.99. The lowest BCUT2D eigenvalue weighted by molar-refractivity contribution is -0.120. The van der Waals surface area contributed by atoms with Crippen molar-refractivity contribution in [2.24, 2.45) is 5.92 Å². The third-order valence-electron chi connectivity index (χ3n) is 4.32. The predicted molar refractivity (Wildman–Crippen MR) is 90.9 cm³/mol. The standard InChI is InChI=1S/C16H22ClFN2OS/c1-10(22-3)16(21)19-9-12-6-7-20(2)15(12)11-4-5-13(17)14(18)8-11/h4-5,8,10,12,15H,6-7,9H2,1-3H3,(H,19,21)/t10-,12-,15-/m1/s1. The second kappa shape index (κ2) is 7.66. The maximum atomic E-state index is 13.7. The first kappa shape index (κ1) is 17.6. The Kier molecular flexibility index (Phi) is 6.12. The molecule has 2 rings (SSSR count). The lowest BCUT2D eigenvalue weighted by atomic mass is 9.93. The predicted octanol–water partition coefficient (Wildman–Crippen LogP) is 3.34. The van der Waals surface area contributed by atoms with E-state index in [4.69, 9.17) is 11.6 Å². The van der Waals surface area contributed by atoms with Crippen molar-refractivity contribution >= 4 is 29.3 Å².